The van der Waals surface area contributed by atoms with Crippen LogP contribution in [0.2, 0.25) is 5.02 Å². The minimum absolute atomic E-state index is 0. The number of rotatable bonds is 6. The molecule has 10 heteroatoms. The molecule has 1 saturated carbocycles. The van der Waals surface area contributed by atoms with Crippen molar-refractivity contribution in [1.29, 1.82) is 0 Å². The number of aromatic nitrogens is 2. The molecule has 1 atom stereocenters. The Kier molecular flexibility index (Phi) is 11.9. The number of nitrogens with one attached hydrogen (secondary N) is 2. The number of aromatic amines is 1. The van der Waals surface area contributed by atoms with E-state index in [2.05, 4.69) is 21.5 Å². The van der Waals surface area contributed by atoms with Crippen molar-refractivity contribution < 1.29 is 13.0 Å². The van der Waals surface area contributed by atoms with Crippen molar-refractivity contribution in [2.45, 2.75) is 44.6 Å². The van der Waals surface area contributed by atoms with Gasteiger partial charge in [0.2, 0.25) is 0 Å². The Labute approximate surface area is 196 Å². The molecule has 1 heterocycles. The molecule has 5 N–H and O–H groups in total. The third-order valence-electron chi connectivity index (χ3n) is 4.93. The molecule has 0 aliphatic heterocycles. The molecule has 0 radical (unpaired) electrons. The van der Waals surface area contributed by atoms with Crippen molar-refractivity contribution in [3.8, 4) is 11.3 Å². The van der Waals surface area contributed by atoms with Crippen LogP contribution < -0.4 is 10.9 Å². The first kappa shape index (κ1) is 28.1. The van der Waals surface area contributed by atoms with Crippen LogP contribution in [-0.2, 0) is 11.2 Å². The lowest BCUT2D eigenvalue weighted by Crippen LogP contribution is -2.39. The van der Waals surface area contributed by atoms with Crippen molar-refractivity contribution in [2.75, 3.05) is 14.1 Å². The smallest absolute Gasteiger partial charge is 0.169 e. The number of nitrogens with zero attached hydrogens (tertiary/aromatic N) is 2. The molecular formula is C22H32ClF2N5OS. The summed E-state index contributed by atoms with van der Waals surface area (Å²) in [5, 5.41) is 8.01. The Bertz CT molecular complexity index is 906. The molecule has 1 fully saturated rings. The summed E-state index contributed by atoms with van der Waals surface area (Å²) in [5.74, 6) is -0.179. The van der Waals surface area contributed by atoms with Crippen LogP contribution in [0, 0.1) is 5.82 Å². The van der Waals surface area contributed by atoms with Gasteiger partial charge in [-0.25, -0.2) is 22.0 Å². The number of allylic oxidation sites excluding steroid dienone is 3. The monoisotopic (exact) mass is 487 g/mol. The number of halogens is 3. The second-order valence-electron chi connectivity index (χ2n) is 7.52. The maximum Gasteiger partial charge on any atom is 0.169 e. The highest BCUT2D eigenvalue weighted by molar-refractivity contribution is 7.80. The van der Waals surface area contributed by atoms with Crippen LogP contribution in [0.15, 0.2) is 48.8 Å². The molecule has 0 saturated heterocycles. The highest BCUT2D eigenvalue weighted by Gasteiger charge is 2.27. The summed E-state index contributed by atoms with van der Waals surface area (Å²) in [6.07, 6.45) is 6.49. The van der Waals surface area contributed by atoms with Crippen LogP contribution in [0.1, 0.15) is 44.2 Å². The summed E-state index contributed by atoms with van der Waals surface area (Å²) in [6, 6.07) is 6.42. The fraction of sp³-hybridized carbons (Fsp3) is 0.409. The van der Waals surface area contributed by atoms with E-state index in [4.69, 9.17) is 11.6 Å². The fourth-order valence-corrected chi connectivity index (χ4v) is 4.40. The SMILES string of the molecule is C=C/C=C(\C)F.CN(C)S(=O)NC1CCC(c2[nH]nc(-c3ccc(F)cc3)c2Cl)CC1.N. The maximum atomic E-state index is 13.1. The van der Waals surface area contributed by atoms with Crippen LogP contribution in [-0.4, -0.2) is 38.8 Å². The van der Waals surface area contributed by atoms with Gasteiger partial charge in [-0.1, -0.05) is 24.3 Å². The van der Waals surface area contributed by atoms with Gasteiger partial charge in [0.1, 0.15) is 11.5 Å². The number of hydrogen-bond donors (Lipinski definition) is 3. The van der Waals surface area contributed by atoms with Gasteiger partial charge in [-0.15, -0.1) is 0 Å². The van der Waals surface area contributed by atoms with E-state index in [1.54, 1.807) is 30.5 Å². The Morgan fingerprint density at radius 3 is 2.34 bits per heavy atom. The van der Waals surface area contributed by atoms with Crippen LogP contribution in [0.25, 0.3) is 11.3 Å². The molecule has 3 rings (SSSR count). The largest absolute Gasteiger partial charge is 0.344 e. The summed E-state index contributed by atoms with van der Waals surface area (Å²) in [5.41, 5.74) is 2.39. The van der Waals surface area contributed by atoms with Gasteiger partial charge in [-0.2, -0.15) is 5.10 Å². The van der Waals surface area contributed by atoms with E-state index in [-0.39, 0.29) is 23.8 Å². The Balaban J connectivity index is 0.000000648. The van der Waals surface area contributed by atoms with E-state index in [1.165, 1.54) is 31.2 Å². The molecule has 6 nitrogen and oxygen atoms in total. The van der Waals surface area contributed by atoms with E-state index in [9.17, 15) is 13.0 Å². The zero-order valence-corrected chi connectivity index (χ0v) is 20.3. The van der Waals surface area contributed by atoms with Crippen molar-refractivity contribution in [3.05, 3.63) is 65.4 Å². The molecule has 32 heavy (non-hydrogen) atoms. The highest BCUT2D eigenvalue weighted by Crippen LogP contribution is 2.39. The summed E-state index contributed by atoms with van der Waals surface area (Å²) in [4.78, 5) is 0. The zero-order chi connectivity index (χ0) is 23.0. The van der Waals surface area contributed by atoms with Crippen LogP contribution in [0.5, 0.6) is 0 Å². The Morgan fingerprint density at radius 1 is 1.28 bits per heavy atom. The molecule has 0 spiro atoms. The van der Waals surface area contributed by atoms with Crippen molar-refractivity contribution in [3.63, 3.8) is 0 Å². The van der Waals surface area contributed by atoms with Crippen LogP contribution in [0.4, 0.5) is 8.78 Å². The minimum Gasteiger partial charge on any atom is -0.344 e. The third kappa shape index (κ3) is 8.22. The minimum atomic E-state index is -1.15. The predicted molar refractivity (Wildman–Crippen MR) is 129 cm³/mol. The molecule has 1 aromatic carbocycles. The molecule has 0 amide bonds. The van der Waals surface area contributed by atoms with E-state index in [0.717, 1.165) is 36.9 Å². The Hall–Kier alpha value is -1.91. The molecule has 1 aliphatic rings. The lowest BCUT2D eigenvalue weighted by atomic mass is 9.84. The first-order valence-corrected chi connectivity index (χ1v) is 11.5. The topological polar surface area (TPSA) is 96.0 Å². The van der Waals surface area contributed by atoms with Gasteiger partial charge in [0.05, 0.1) is 16.5 Å². The van der Waals surface area contributed by atoms with Gasteiger partial charge in [0, 0.05) is 31.6 Å². The second-order valence-corrected chi connectivity index (χ2v) is 9.37. The quantitative estimate of drug-likeness (QED) is 0.447. The average Bonchev–Trinajstić information content (AvgIpc) is 3.11. The summed E-state index contributed by atoms with van der Waals surface area (Å²) in [7, 11) is 3.58. The lowest BCUT2D eigenvalue weighted by Gasteiger charge is -2.29. The third-order valence-corrected chi connectivity index (χ3v) is 6.51. The van der Waals surface area contributed by atoms with Crippen molar-refractivity contribution in [1.82, 2.24) is 25.4 Å². The molecule has 178 valence electrons. The second kappa shape index (κ2) is 13.6. The van der Waals surface area contributed by atoms with Gasteiger partial charge in [-0.05, 0) is 62.9 Å². The number of benzene rings is 1. The Morgan fingerprint density at radius 2 is 1.88 bits per heavy atom. The highest BCUT2D eigenvalue weighted by atomic mass is 35.5. The van der Waals surface area contributed by atoms with Gasteiger partial charge in [0.25, 0.3) is 0 Å². The number of H-pyrrole nitrogens is 1. The standard InChI is InChI=1S/C17H22ClFN4OS.C5H7F.H3N/c1-23(2)25(24)22-14-9-5-12(6-10-14)17-15(18)16(20-21-17)11-3-7-13(19)8-4-11;1-3-4-5(2)6;/h3-4,7-8,12,14,22H,5-6,9-10H2,1-2H3,(H,20,21);3-4H,1H2,2H3;1H3/b;5-4+;. The molecule has 0 bridgehead atoms. The maximum absolute atomic E-state index is 13.1. The summed E-state index contributed by atoms with van der Waals surface area (Å²) < 4.78 is 41.2. The van der Waals surface area contributed by atoms with Gasteiger partial charge < -0.3 is 6.15 Å². The van der Waals surface area contributed by atoms with E-state index < -0.39 is 11.2 Å². The normalized spacial score (nSPS) is 19.5. The molecule has 1 aliphatic carbocycles. The molecule has 1 aromatic heterocycles. The van der Waals surface area contributed by atoms with Gasteiger partial charge in [-0.3, -0.25) is 5.10 Å². The molecular weight excluding hydrogens is 456 g/mol. The fourth-order valence-electron chi connectivity index (χ4n) is 3.32. The van der Waals surface area contributed by atoms with E-state index in [0.29, 0.717) is 16.6 Å². The first-order valence-electron chi connectivity index (χ1n) is 10.0. The van der Waals surface area contributed by atoms with Crippen molar-refractivity contribution in [2.24, 2.45) is 0 Å². The van der Waals surface area contributed by atoms with Gasteiger partial charge in [0.15, 0.2) is 11.2 Å². The first-order chi connectivity index (χ1) is 14.7. The molecule has 2 aromatic rings. The number of hydrogen-bond acceptors (Lipinski definition) is 3. The summed E-state index contributed by atoms with van der Waals surface area (Å²) in [6.45, 7) is 4.66. The van der Waals surface area contributed by atoms with Gasteiger partial charge >= 0.3 is 0 Å². The zero-order valence-electron chi connectivity index (χ0n) is 18.7. The van der Waals surface area contributed by atoms with E-state index >= 15 is 0 Å². The van der Waals surface area contributed by atoms with Crippen molar-refractivity contribution >= 4 is 22.8 Å². The van der Waals surface area contributed by atoms with E-state index in [1.807, 2.05) is 0 Å². The van der Waals surface area contributed by atoms with Crippen LogP contribution in [0.3, 0.4) is 0 Å². The molecule has 1 unspecified atom stereocenters. The summed E-state index contributed by atoms with van der Waals surface area (Å²) >= 11 is 5.39. The average molecular weight is 488 g/mol. The predicted octanol–water partition coefficient (Wildman–Crippen LogP) is 5.83. The lowest BCUT2D eigenvalue weighted by molar-refractivity contribution is 0.370. The van der Waals surface area contributed by atoms with Crippen LogP contribution >= 0.6 is 11.6 Å².